The van der Waals surface area contributed by atoms with Gasteiger partial charge in [0.15, 0.2) is 6.10 Å². The highest BCUT2D eigenvalue weighted by molar-refractivity contribution is 5.71. The van der Waals surface area contributed by atoms with Gasteiger partial charge in [0.25, 0.3) is 0 Å². The summed E-state index contributed by atoms with van der Waals surface area (Å²) in [6.45, 7) is 6.40. The number of rotatable bonds is 60. The zero-order chi connectivity index (χ0) is 57.8. The van der Waals surface area contributed by atoms with Crippen LogP contribution in [0.4, 0.5) is 0 Å². The number of carbonyl (C=O) groups excluding carboxylic acids is 3. The molecule has 0 aromatic carbocycles. The molecule has 6 heteroatoms. The first-order valence-electron chi connectivity index (χ1n) is 33.5. The first-order valence-corrected chi connectivity index (χ1v) is 33.5. The molecule has 0 aliphatic carbocycles. The number of allylic oxidation sites excluding steroid dienone is 20. The van der Waals surface area contributed by atoms with E-state index in [0.717, 1.165) is 141 Å². The van der Waals surface area contributed by atoms with Gasteiger partial charge in [-0.05, 0) is 128 Å². The van der Waals surface area contributed by atoms with Gasteiger partial charge in [0, 0.05) is 19.3 Å². The lowest BCUT2D eigenvalue weighted by atomic mass is 10.0. The van der Waals surface area contributed by atoms with Crippen molar-refractivity contribution in [3.05, 3.63) is 122 Å². The van der Waals surface area contributed by atoms with E-state index in [1.165, 1.54) is 128 Å². The third-order valence-electron chi connectivity index (χ3n) is 14.2. The lowest BCUT2D eigenvalue weighted by Crippen LogP contribution is -2.30. The zero-order valence-electron chi connectivity index (χ0n) is 52.3. The maximum Gasteiger partial charge on any atom is 0.306 e. The van der Waals surface area contributed by atoms with Crippen LogP contribution in [0.5, 0.6) is 0 Å². The van der Waals surface area contributed by atoms with Gasteiger partial charge in [-0.15, -0.1) is 0 Å². The maximum absolute atomic E-state index is 12.9. The Kier molecular flexibility index (Phi) is 63.8. The molecule has 80 heavy (non-hydrogen) atoms. The molecule has 6 nitrogen and oxygen atoms in total. The highest BCUT2D eigenvalue weighted by Gasteiger charge is 2.19. The van der Waals surface area contributed by atoms with E-state index in [9.17, 15) is 14.4 Å². The Bertz CT molecular complexity index is 1650. The van der Waals surface area contributed by atoms with Crippen molar-refractivity contribution in [3.63, 3.8) is 0 Å². The molecule has 1 unspecified atom stereocenters. The number of esters is 3. The van der Waals surface area contributed by atoms with Crippen LogP contribution in [0.15, 0.2) is 122 Å². The van der Waals surface area contributed by atoms with E-state index in [1.54, 1.807) is 0 Å². The molecule has 0 amide bonds. The topological polar surface area (TPSA) is 78.9 Å². The largest absolute Gasteiger partial charge is 0.462 e. The molecule has 0 fully saturated rings. The van der Waals surface area contributed by atoms with Crippen molar-refractivity contribution in [1.29, 1.82) is 0 Å². The molecule has 0 spiro atoms. The Hall–Kier alpha value is -4.19. The molecule has 0 saturated carbocycles. The molecule has 0 saturated heterocycles. The van der Waals surface area contributed by atoms with Crippen LogP contribution < -0.4 is 0 Å². The molecular formula is C74H124O6. The van der Waals surface area contributed by atoms with Crippen molar-refractivity contribution >= 4 is 17.9 Å². The second kappa shape index (κ2) is 67.3. The number of ether oxygens (including phenoxy) is 3. The van der Waals surface area contributed by atoms with E-state index in [0.29, 0.717) is 19.3 Å². The second-order valence-corrected chi connectivity index (χ2v) is 22.0. The standard InChI is InChI=1S/C74H124O6/c1-4-7-10-13-16-19-22-25-28-30-32-34-35-36-37-38-39-41-42-44-46-49-52-55-58-61-64-67-73(76)79-70-71(69-78-72(75)66-63-60-57-54-51-48-27-24-21-18-15-12-9-6-3)80-74(77)68-65-62-59-56-53-50-47-45-43-40-33-31-29-26-23-20-17-14-11-8-5-2/h7-8,10-11,16-17,19-20,24-29,32-34,40,45,47,71H,4-6,9,12-15,18,21-23,30-31,35-39,41-44,46,48-70H2,1-3H3/b10-7-,11-8-,19-16-,20-17-,27-24-,28-25-,29-26-,34-32-,40-33-,47-45-. The molecular weight excluding hydrogens is 985 g/mol. The van der Waals surface area contributed by atoms with Crippen LogP contribution in [0.2, 0.25) is 0 Å². The van der Waals surface area contributed by atoms with Crippen LogP contribution in [-0.4, -0.2) is 37.2 Å². The summed E-state index contributed by atoms with van der Waals surface area (Å²) in [7, 11) is 0. The van der Waals surface area contributed by atoms with Gasteiger partial charge in [0.2, 0.25) is 0 Å². The van der Waals surface area contributed by atoms with Crippen molar-refractivity contribution in [3.8, 4) is 0 Å². The maximum atomic E-state index is 12.9. The normalized spacial score (nSPS) is 12.9. The quantitative estimate of drug-likeness (QED) is 0.0261. The van der Waals surface area contributed by atoms with Gasteiger partial charge in [0.05, 0.1) is 0 Å². The molecule has 0 rings (SSSR count). The molecule has 0 aromatic heterocycles. The summed E-state index contributed by atoms with van der Waals surface area (Å²) in [5.74, 6) is -0.910. The summed E-state index contributed by atoms with van der Waals surface area (Å²) < 4.78 is 16.9. The van der Waals surface area contributed by atoms with Crippen molar-refractivity contribution in [2.75, 3.05) is 13.2 Å². The fourth-order valence-electron chi connectivity index (χ4n) is 9.22. The number of hydrogen-bond donors (Lipinski definition) is 0. The molecule has 456 valence electrons. The number of unbranched alkanes of at least 4 members (excludes halogenated alkanes) is 29. The SMILES string of the molecule is CC/C=C\C/C=C\C/C=C\C/C=C\C/C=C\CCCCCCCC(=O)OC(COC(=O)CCCCCCC/C=C\CCCCCCC)COC(=O)CCCCCCCCCCCCCCCC/C=C\C/C=C\C/C=C\C/C=C\CC. The molecule has 0 radical (unpaired) electrons. The van der Waals surface area contributed by atoms with Crippen molar-refractivity contribution in [2.45, 2.75) is 316 Å². The minimum Gasteiger partial charge on any atom is -0.462 e. The third kappa shape index (κ3) is 64.6. The fraction of sp³-hybridized carbons (Fsp3) is 0.689. The summed E-state index contributed by atoms with van der Waals surface area (Å²) in [6, 6.07) is 0. The van der Waals surface area contributed by atoms with E-state index < -0.39 is 6.10 Å². The minimum atomic E-state index is -0.796. The molecule has 0 heterocycles. The monoisotopic (exact) mass is 1110 g/mol. The van der Waals surface area contributed by atoms with Gasteiger partial charge in [-0.2, -0.15) is 0 Å². The second-order valence-electron chi connectivity index (χ2n) is 22.0. The predicted octanol–water partition coefficient (Wildman–Crippen LogP) is 23.2. The predicted molar refractivity (Wildman–Crippen MR) is 348 cm³/mol. The number of carbonyl (C=O) groups is 3. The summed E-state index contributed by atoms with van der Waals surface area (Å²) in [4.78, 5) is 38.4. The molecule has 0 aliphatic heterocycles. The van der Waals surface area contributed by atoms with Crippen molar-refractivity contribution < 1.29 is 28.6 Å². The Morgan fingerprint density at radius 2 is 0.487 bits per heavy atom. The van der Waals surface area contributed by atoms with E-state index in [-0.39, 0.29) is 31.1 Å². The van der Waals surface area contributed by atoms with Gasteiger partial charge in [-0.25, -0.2) is 0 Å². The summed E-state index contributed by atoms with van der Waals surface area (Å²) in [5, 5.41) is 0. The minimum absolute atomic E-state index is 0.0896. The van der Waals surface area contributed by atoms with E-state index in [4.69, 9.17) is 14.2 Å². The van der Waals surface area contributed by atoms with Crippen LogP contribution >= 0.6 is 0 Å². The molecule has 0 aromatic rings. The van der Waals surface area contributed by atoms with E-state index >= 15 is 0 Å². The Morgan fingerprint density at radius 1 is 0.263 bits per heavy atom. The first-order chi connectivity index (χ1) is 39.5. The van der Waals surface area contributed by atoms with Gasteiger partial charge < -0.3 is 14.2 Å². The Balaban J connectivity index is 4.35. The summed E-state index contributed by atoms with van der Waals surface area (Å²) in [6.07, 6.45) is 93.5. The molecule has 0 N–H and O–H groups in total. The Labute approximate surface area is 494 Å². The summed E-state index contributed by atoms with van der Waals surface area (Å²) in [5.41, 5.74) is 0. The van der Waals surface area contributed by atoms with E-state index in [1.807, 2.05) is 0 Å². The lowest BCUT2D eigenvalue weighted by molar-refractivity contribution is -0.167. The third-order valence-corrected chi connectivity index (χ3v) is 14.2. The van der Waals surface area contributed by atoms with Crippen LogP contribution in [-0.2, 0) is 28.6 Å². The smallest absolute Gasteiger partial charge is 0.306 e. The van der Waals surface area contributed by atoms with E-state index in [2.05, 4.69) is 142 Å². The van der Waals surface area contributed by atoms with Crippen LogP contribution in [0.3, 0.4) is 0 Å². The zero-order valence-corrected chi connectivity index (χ0v) is 52.3. The van der Waals surface area contributed by atoms with Crippen LogP contribution in [0.1, 0.15) is 310 Å². The highest BCUT2D eigenvalue weighted by Crippen LogP contribution is 2.16. The van der Waals surface area contributed by atoms with Crippen molar-refractivity contribution in [1.82, 2.24) is 0 Å². The van der Waals surface area contributed by atoms with Gasteiger partial charge in [-0.3, -0.25) is 14.4 Å². The fourth-order valence-corrected chi connectivity index (χ4v) is 9.22. The van der Waals surface area contributed by atoms with Gasteiger partial charge in [0.1, 0.15) is 13.2 Å². The Morgan fingerprint density at radius 3 is 0.775 bits per heavy atom. The summed E-state index contributed by atoms with van der Waals surface area (Å²) >= 11 is 0. The lowest BCUT2D eigenvalue weighted by Gasteiger charge is -2.18. The average Bonchev–Trinajstić information content (AvgIpc) is 3.46. The average molecular weight is 1110 g/mol. The van der Waals surface area contributed by atoms with Crippen molar-refractivity contribution in [2.24, 2.45) is 0 Å². The number of hydrogen-bond acceptors (Lipinski definition) is 6. The van der Waals surface area contributed by atoms with Gasteiger partial charge in [-0.1, -0.05) is 284 Å². The highest BCUT2D eigenvalue weighted by atomic mass is 16.6. The molecule has 1 atom stereocenters. The first kappa shape index (κ1) is 75.8. The van der Waals surface area contributed by atoms with Gasteiger partial charge >= 0.3 is 17.9 Å². The molecule has 0 bridgehead atoms. The van der Waals surface area contributed by atoms with Crippen LogP contribution in [0, 0.1) is 0 Å². The van der Waals surface area contributed by atoms with Crippen LogP contribution in [0.25, 0.3) is 0 Å². The molecule has 0 aliphatic rings.